The number of pyridine rings is 1. The monoisotopic (exact) mass is 176 g/mol. The zero-order valence-corrected chi connectivity index (χ0v) is 8.03. The summed E-state index contributed by atoms with van der Waals surface area (Å²) < 4.78 is 0. The average molecular weight is 176 g/mol. The van der Waals surface area contributed by atoms with Gasteiger partial charge in [0.2, 0.25) is 0 Å². The minimum absolute atomic E-state index is 0.730. The van der Waals surface area contributed by atoms with Crippen molar-refractivity contribution in [3.05, 3.63) is 41.7 Å². The fourth-order valence-electron chi connectivity index (χ4n) is 1.22. The summed E-state index contributed by atoms with van der Waals surface area (Å²) in [6.07, 6.45) is 7.82. The van der Waals surface area contributed by atoms with E-state index < -0.39 is 0 Å². The van der Waals surface area contributed by atoms with Gasteiger partial charge < -0.3 is 5.73 Å². The molecule has 0 fully saturated rings. The maximum Gasteiger partial charge on any atom is 0.0270 e. The van der Waals surface area contributed by atoms with Crippen LogP contribution >= 0.6 is 0 Å². The van der Waals surface area contributed by atoms with E-state index in [1.807, 2.05) is 24.5 Å². The summed E-state index contributed by atoms with van der Waals surface area (Å²) in [4.78, 5) is 3.98. The van der Waals surface area contributed by atoms with Crippen LogP contribution in [0.1, 0.15) is 18.9 Å². The van der Waals surface area contributed by atoms with Gasteiger partial charge in [0.15, 0.2) is 0 Å². The first kappa shape index (κ1) is 9.93. The second kappa shape index (κ2) is 5.49. The molecule has 1 heterocycles. The topological polar surface area (TPSA) is 38.9 Å². The van der Waals surface area contributed by atoms with Crippen molar-refractivity contribution in [1.82, 2.24) is 4.98 Å². The van der Waals surface area contributed by atoms with Gasteiger partial charge >= 0.3 is 0 Å². The number of rotatable bonds is 4. The summed E-state index contributed by atoms with van der Waals surface area (Å²) in [7, 11) is 0. The summed E-state index contributed by atoms with van der Waals surface area (Å²) in [5, 5.41) is 0. The van der Waals surface area contributed by atoms with Crippen LogP contribution in [0.5, 0.6) is 0 Å². The van der Waals surface area contributed by atoms with Crippen LogP contribution in [0.25, 0.3) is 0 Å². The molecular weight excluding hydrogens is 160 g/mol. The lowest BCUT2D eigenvalue weighted by molar-refractivity contribution is 0.980. The van der Waals surface area contributed by atoms with E-state index in [0.717, 1.165) is 19.4 Å². The van der Waals surface area contributed by atoms with Crippen LogP contribution in [0.2, 0.25) is 0 Å². The van der Waals surface area contributed by atoms with E-state index in [1.165, 1.54) is 11.1 Å². The quantitative estimate of drug-likeness (QED) is 0.712. The van der Waals surface area contributed by atoms with Gasteiger partial charge in [0, 0.05) is 12.4 Å². The van der Waals surface area contributed by atoms with Crippen LogP contribution in [0.15, 0.2) is 36.2 Å². The van der Waals surface area contributed by atoms with Gasteiger partial charge in [0.1, 0.15) is 0 Å². The fourth-order valence-corrected chi connectivity index (χ4v) is 1.22. The highest BCUT2D eigenvalue weighted by molar-refractivity contribution is 5.17. The molecule has 0 aliphatic heterocycles. The van der Waals surface area contributed by atoms with Crippen molar-refractivity contribution in [1.29, 1.82) is 0 Å². The van der Waals surface area contributed by atoms with Gasteiger partial charge in [-0.3, -0.25) is 4.98 Å². The molecule has 0 atom stereocenters. The van der Waals surface area contributed by atoms with Crippen LogP contribution in [-0.4, -0.2) is 11.5 Å². The molecular formula is C11H16N2. The fraction of sp³-hybridized carbons (Fsp3) is 0.364. The van der Waals surface area contributed by atoms with Crippen LogP contribution in [0.4, 0.5) is 0 Å². The Kier molecular flexibility index (Phi) is 4.19. The Morgan fingerprint density at radius 2 is 2.15 bits per heavy atom. The lowest BCUT2D eigenvalue weighted by Crippen LogP contribution is -1.96. The second-order valence-corrected chi connectivity index (χ2v) is 3.16. The normalized spacial score (nSPS) is 11.7. The molecule has 0 bridgehead atoms. The molecule has 0 radical (unpaired) electrons. The Balaban J connectivity index is 2.50. The van der Waals surface area contributed by atoms with Gasteiger partial charge in [0.25, 0.3) is 0 Å². The summed E-state index contributed by atoms with van der Waals surface area (Å²) >= 11 is 0. The van der Waals surface area contributed by atoms with Crippen molar-refractivity contribution in [2.75, 3.05) is 6.54 Å². The first-order valence-corrected chi connectivity index (χ1v) is 4.57. The SMILES string of the molecule is CC(=CCCN)Cc1ccncc1. The van der Waals surface area contributed by atoms with E-state index in [-0.39, 0.29) is 0 Å². The summed E-state index contributed by atoms with van der Waals surface area (Å²) in [5.41, 5.74) is 8.09. The molecule has 0 aliphatic carbocycles. The van der Waals surface area contributed by atoms with Crippen molar-refractivity contribution < 1.29 is 0 Å². The van der Waals surface area contributed by atoms with E-state index >= 15 is 0 Å². The highest BCUT2D eigenvalue weighted by Gasteiger charge is 1.92. The number of hydrogen-bond donors (Lipinski definition) is 1. The molecule has 2 N–H and O–H groups in total. The van der Waals surface area contributed by atoms with Gasteiger partial charge in [-0.05, 0) is 44.0 Å². The lowest BCUT2D eigenvalue weighted by atomic mass is 10.1. The molecule has 0 aliphatic rings. The van der Waals surface area contributed by atoms with Gasteiger partial charge in [-0.25, -0.2) is 0 Å². The van der Waals surface area contributed by atoms with E-state index in [0.29, 0.717) is 0 Å². The van der Waals surface area contributed by atoms with Gasteiger partial charge in [0.05, 0.1) is 0 Å². The number of allylic oxidation sites excluding steroid dienone is 1. The van der Waals surface area contributed by atoms with Gasteiger partial charge in [-0.2, -0.15) is 0 Å². The third kappa shape index (κ3) is 3.85. The van der Waals surface area contributed by atoms with Crippen molar-refractivity contribution in [2.24, 2.45) is 5.73 Å². The van der Waals surface area contributed by atoms with E-state index in [1.54, 1.807) is 0 Å². The second-order valence-electron chi connectivity index (χ2n) is 3.16. The largest absolute Gasteiger partial charge is 0.330 e. The predicted octanol–water partition coefficient (Wildman–Crippen LogP) is 1.92. The molecule has 0 aromatic carbocycles. The highest BCUT2D eigenvalue weighted by atomic mass is 14.6. The third-order valence-electron chi connectivity index (χ3n) is 1.89. The molecule has 0 saturated heterocycles. The zero-order valence-electron chi connectivity index (χ0n) is 8.03. The van der Waals surface area contributed by atoms with Crippen LogP contribution < -0.4 is 5.73 Å². The number of nitrogens with two attached hydrogens (primary N) is 1. The van der Waals surface area contributed by atoms with E-state index in [2.05, 4.69) is 18.0 Å². The van der Waals surface area contributed by atoms with Crippen LogP contribution in [-0.2, 0) is 6.42 Å². The maximum atomic E-state index is 5.42. The van der Waals surface area contributed by atoms with Crippen LogP contribution in [0.3, 0.4) is 0 Å². The first-order chi connectivity index (χ1) is 6.33. The first-order valence-electron chi connectivity index (χ1n) is 4.57. The molecule has 1 rings (SSSR count). The van der Waals surface area contributed by atoms with Gasteiger partial charge in [-0.15, -0.1) is 0 Å². The highest BCUT2D eigenvalue weighted by Crippen LogP contribution is 2.06. The Morgan fingerprint density at radius 1 is 1.46 bits per heavy atom. The van der Waals surface area contributed by atoms with Gasteiger partial charge in [-0.1, -0.05) is 11.6 Å². The summed E-state index contributed by atoms with van der Waals surface area (Å²) in [5.74, 6) is 0. The number of nitrogens with zero attached hydrogens (tertiary/aromatic N) is 1. The van der Waals surface area contributed by atoms with Crippen molar-refractivity contribution in [3.63, 3.8) is 0 Å². The Morgan fingerprint density at radius 3 is 2.77 bits per heavy atom. The average Bonchev–Trinajstić information content (AvgIpc) is 2.16. The molecule has 13 heavy (non-hydrogen) atoms. The standard InChI is InChI=1S/C11H16N2/c1-10(3-2-6-12)9-11-4-7-13-8-5-11/h3-5,7-8H,2,6,9,12H2,1H3. The molecule has 0 unspecified atom stereocenters. The minimum atomic E-state index is 0.730. The summed E-state index contributed by atoms with van der Waals surface area (Å²) in [6.45, 7) is 2.86. The maximum absolute atomic E-state index is 5.42. The molecule has 1 aromatic heterocycles. The molecule has 2 heteroatoms. The Labute approximate surface area is 79.5 Å². The Hall–Kier alpha value is -1.15. The van der Waals surface area contributed by atoms with E-state index in [9.17, 15) is 0 Å². The van der Waals surface area contributed by atoms with Crippen molar-refractivity contribution >= 4 is 0 Å². The molecule has 0 spiro atoms. The molecule has 2 nitrogen and oxygen atoms in total. The number of aromatic nitrogens is 1. The van der Waals surface area contributed by atoms with E-state index in [4.69, 9.17) is 5.73 Å². The molecule has 1 aromatic rings. The molecule has 0 saturated carbocycles. The summed E-state index contributed by atoms with van der Waals surface area (Å²) in [6, 6.07) is 4.08. The Bertz CT molecular complexity index is 265. The molecule has 0 amide bonds. The smallest absolute Gasteiger partial charge is 0.0270 e. The minimum Gasteiger partial charge on any atom is -0.330 e. The van der Waals surface area contributed by atoms with Crippen LogP contribution in [0, 0.1) is 0 Å². The van der Waals surface area contributed by atoms with Crippen molar-refractivity contribution in [2.45, 2.75) is 19.8 Å². The molecule has 70 valence electrons. The lowest BCUT2D eigenvalue weighted by Gasteiger charge is -2.00. The third-order valence-corrected chi connectivity index (χ3v) is 1.89. The zero-order chi connectivity index (χ0) is 9.52. The van der Waals surface area contributed by atoms with Crippen molar-refractivity contribution in [3.8, 4) is 0 Å². The number of hydrogen-bond acceptors (Lipinski definition) is 2. The predicted molar refractivity (Wildman–Crippen MR) is 55.4 cm³/mol.